The minimum Gasteiger partial charge on any atom is -0.341 e. The molecular formula is C29H36N3P. The van der Waals surface area contributed by atoms with Gasteiger partial charge in [0.1, 0.15) is 0 Å². The zero-order chi connectivity index (χ0) is 23.1. The summed E-state index contributed by atoms with van der Waals surface area (Å²) in [5.74, 6) is 0. The molecule has 1 fully saturated rings. The molecule has 0 bridgehead atoms. The molecule has 1 aliphatic rings. The number of hydrogen-bond donors (Lipinski definition) is 0. The summed E-state index contributed by atoms with van der Waals surface area (Å²) in [4.78, 5) is 0. The maximum Gasteiger partial charge on any atom is 0.0720 e. The summed E-state index contributed by atoms with van der Waals surface area (Å²) in [7, 11) is -2.06. The number of hydrogen-bond acceptors (Lipinski definition) is 1. The van der Waals surface area contributed by atoms with Crippen molar-refractivity contribution in [2.75, 3.05) is 13.1 Å². The number of aromatic nitrogens is 1. The lowest BCUT2D eigenvalue weighted by Gasteiger charge is -2.47. The van der Waals surface area contributed by atoms with E-state index >= 15 is 0 Å². The van der Waals surface area contributed by atoms with Crippen LogP contribution in [0.15, 0.2) is 77.5 Å². The summed E-state index contributed by atoms with van der Waals surface area (Å²) >= 11 is 0. The fourth-order valence-corrected chi connectivity index (χ4v) is 10.1. The van der Waals surface area contributed by atoms with E-state index in [1.165, 1.54) is 46.4 Å². The van der Waals surface area contributed by atoms with E-state index in [0.29, 0.717) is 0 Å². The van der Waals surface area contributed by atoms with E-state index in [4.69, 9.17) is 4.74 Å². The summed E-state index contributed by atoms with van der Waals surface area (Å²) in [5.41, 5.74) is 3.75. The van der Waals surface area contributed by atoms with Crippen LogP contribution >= 0.6 is 7.21 Å². The van der Waals surface area contributed by atoms with E-state index in [9.17, 15) is 0 Å². The number of para-hydroxylation sites is 1. The molecule has 1 atom stereocenters. The van der Waals surface area contributed by atoms with Crippen molar-refractivity contribution in [3.63, 3.8) is 0 Å². The number of aryl methyl sites for hydroxylation is 1. The number of fused-ring (bicyclic) bond motifs is 3. The molecule has 0 radical (unpaired) electrons. The van der Waals surface area contributed by atoms with E-state index < -0.39 is 7.21 Å². The van der Waals surface area contributed by atoms with Crippen molar-refractivity contribution in [2.24, 2.45) is 4.74 Å². The molecule has 3 nitrogen and oxygen atoms in total. The monoisotopic (exact) mass is 457 g/mol. The van der Waals surface area contributed by atoms with E-state index in [0.717, 1.165) is 25.3 Å². The normalized spacial score (nSPS) is 17.3. The van der Waals surface area contributed by atoms with Gasteiger partial charge in [-0.3, -0.25) is 4.67 Å². The van der Waals surface area contributed by atoms with Crippen molar-refractivity contribution in [1.29, 1.82) is 0 Å². The Bertz CT molecular complexity index is 1320. The zero-order valence-electron chi connectivity index (χ0n) is 20.5. The molecule has 1 unspecified atom stereocenters. The first-order valence-corrected chi connectivity index (χ1v) is 14.1. The molecule has 2 heterocycles. The second-order valence-electron chi connectivity index (χ2n) is 10.2. The van der Waals surface area contributed by atoms with Gasteiger partial charge in [0.15, 0.2) is 0 Å². The van der Waals surface area contributed by atoms with Crippen molar-refractivity contribution in [3.05, 3.63) is 72.8 Å². The largest absolute Gasteiger partial charge is 0.341 e. The Hall–Kier alpha value is -2.35. The van der Waals surface area contributed by atoms with Crippen molar-refractivity contribution >= 4 is 40.0 Å². The minimum atomic E-state index is -2.06. The quantitative estimate of drug-likeness (QED) is 0.283. The highest BCUT2D eigenvalue weighted by atomic mass is 31.2. The van der Waals surface area contributed by atoms with Gasteiger partial charge in [-0.25, -0.2) is 4.74 Å². The number of piperidine rings is 1. The molecule has 0 spiro atoms. The Kier molecular flexibility index (Phi) is 5.97. The molecule has 172 valence electrons. The van der Waals surface area contributed by atoms with E-state index in [1.54, 1.807) is 0 Å². The summed E-state index contributed by atoms with van der Waals surface area (Å²) in [5, 5.41) is 4.14. The maximum absolute atomic E-state index is 5.70. The molecule has 1 aromatic heterocycles. The third-order valence-electron chi connectivity index (χ3n) is 7.13. The van der Waals surface area contributed by atoms with Crippen molar-refractivity contribution in [1.82, 2.24) is 9.24 Å². The van der Waals surface area contributed by atoms with Crippen molar-refractivity contribution in [2.45, 2.75) is 58.7 Å². The van der Waals surface area contributed by atoms with Gasteiger partial charge in [0.05, 0.1) is 12.9 Å². The first-order chi connectivity index (χ1) is 16.0. The van der Waals surface area contributed by atoms with Crippen LogP contribution in [0.3, 0.4) is 0 Å². The van der Waals surface area contributed by atoms with E-state index in [-0.39, 0.29) is 5.16 Å². The van der Waals surface area contributed by atoms with Crippen LogP contribution in [0.2, 0.25) is 0 Å². The Morgan fingerprint density at radius 1 is 0.788 bits per heavy atom. The Balaban J connectivity index is 1.85. The van der Waals surface area contributed by atoms with Crippen LogP contribution in [0.1, 0.15) is 47.0 Å². The number of rotatable bonds is 4. The fourth-order valence-electron chi connectivity index (χ4n) is 5.65. The van der Waals surface area contributed by atoms with Crippen LogP contribution in [0.4, 0.5) is 5.69 Å². The summed E-state index contributed by atoms with van der Waals surface area (Å²) in [6, 6.07) is 26.8. The van der Waals surface area contributed by atoms with Crippen LogP contribution in [-0.4, -0.2) is 27.5 Å². The average Bonchev–Trinajstić information content (AvgIpc) is 3.16. The second kappa shape index (κ2) is 8.78. The topological polar surface area (TPSA) is 20.5 Å². The summed E-state index contributed by atoms with van der Waals surface area (Å²) in [6.45, 7) is 12.7. The molecule has 4 aromatic rings. The van der Waals surface area contributed by atoms with Gasteiger partial charge in [-0.2, -0.15) is 0 Å². The van der Waals surface area contributed by atoms with Gasteiger partial charge in [0, 0.05) is 51.9 Å². The smallest absolute Gasteiger partial charge is 0.0720 e. The van der Waals surface area contributed by atoms with Gasteiger partial charge in [-0.1, -0.05) is 63.6 Å². The molecule has 33 heavy (non-hydrogen) atoms. The fraction of sp³-hybridized carbons (Fsp3) is 0.379. The van der Waals surface area contributed by atoms with E-state index in [2.05, 4.69) is 110 Å². The SMILES string of the molecule is CCn1c2ccccc2c2cc(P(=Nc3ccccc3)(N3CCCCC3)C(C)(C)C)ccc21. The first kappa shape index (κ1) is 22.4. The Labute approximate surface area is 198 Å². The standard InChI is InChI=1S/C29H36N3P/c1-5-32-27-17-11-10-16-25(27)26-22-24(18-19-28(26)32)33(29(2,3)4,31-20-12-7-13-21-31)30-23-14-8-6-9-15-23/h6,8-11,14-19,22H,5,7,12-13,20-21H2,1-4H3. The predicted octanol–water partition coefficient (Wildman–Crippen LogP) is 8.17. The van der Waals surface area contributed by atoms with Gasteiger partial charge in [-0.05, 0) is 56.2 Å². The maximum atomic E-state index is 5.70. The first-order valence-electron chi connectivity index (χ1n) is 12.4. The van der Waals surface area contributed by atoms with Crippen LogP contribution in [0, 0.1) is 0 Å². The highest BCUT2D eigenvalue weighted by Crippen LogP contribution is 2.64. The summed E-state index contributed by atoms with van der Waals surface area (Å²) < 4.78 is 10.9. The van der Waals surface area contributed by atoms with Gasteiger partial charge in [0.25, 0.3) is 0 Å². The van der Waals surface area contributed by atoms with Crippen molar-refractivity contribution < 1.29 is 0 Å². The molecule has 0 saturated carbocycles. The van der Waals surface area contributed by atoms with E-state index in [1.807, 2.05) is 0 Å². The van der Waals surface area contributed by atoms with Crippen LogP contribution in [0.25, 0.3) is 21.8 Å². The van der Waals surface area contributed by atoms with Crippen molar-refractivity contribution in [3.8, 4) is 0 Å². The van der Waals surface area contributed by atoms with Crippen LogP contribution < -0.4 is 5.30 Å². The second-order valence-corrected chi connectivity index (χ2v) is 14.0. The van der Waals surface area contributed by atoms with Gasteiger partial charge in [0.2, 0.25) is 0 Å². The Morgan fingerprint density at radius 2 is 1.45 bits per heavy atom. The highest BCUT2D eigenvalue weighted by Gasteiger charge is 2.41. The minimum absolute atomic E-state index is 0.0248. The van der Waals surface area contributed by atoms with Gasteiger partial charge >= 0.3 is 0 Å². The molecule has 1 saturated heterocycles. The third kappa shape index (κ3) is 3.76. The highest BCUT2D eigenvalue weighted by molar-refractivity contribution is 7.73. The van der Waals surface area contributed by atoms with Crippen LogP contribution in [-0.2, 0) is 6.54 Å². The molecule has 0 N–H and O–H groups in total. The third-order valence-corrected chi connectivity index (χ3v) is 11.7. The molecule has 4 heteroatoms. The molecule has 5 rings (SSSR count). The molecule has 0 aliphatic carbocycles. The molecule has 0 amide bonds. The van der Waals surface area contributed by atoms with Gasteiger partial charge in [-0.15, -0.1) is 0 Å². The molecule has 1 aliphatic heterocycles. The average molecular weight is 458 g/mol. The lowest BCUT2D eigenvalue weighted by atomic mass is 10.1. The molecule has 3 aromatic carbocycles. The predicted molar refractivity (Wildman–Crippen MR) is 145 cm³/mol. The lowest BCUT2D eigenvalue weighted by molar-refractivity contribution is 0.361. The number of nitrogens with zero attached hydrogens (tertiary/aromatic N) is 3. The van der Waals surface area contributed by atoms with Gasteiger partial charge < -0.3 is 4.57 Å². The van der Waals surface area contributed by atoms with Crippen LogP contribution in [0.5, 0.6) is 0 Å². The zero-order valence-corrected chi connectivity index (χ0v) is 21.4. The summed E-state index contributed by atoms with van der Waals surface area (Å²) in [6.07, 6.45) is 3.86. The number of benzene rings is 3. The Morgan fingerprint density at radius 3 is 2.15 bits per heavy atom. The lowest BCUT2D eigenvalue weighted by Crippen LogP contribution is -2.39. The molecular weight excluding hydrogens is 421 g/mol.